The molecule has 2 N–H and O–H groups in total. The summed E-state index contributed by atoms with van der Waals surface area (Å²) in [4.78, 5) is 14.8. The minimum Gasteiger partial charge on any atom is -0.354 e. The summed E-state index contributed by atoms with van der Waals surface area (Å²) in [7, 11) is 0. The Hall–Kier alpha value is -1.39. The van der Waals surface area contributed by atoms with Gasteiger partial charge in [-0.3, -0.25) is 9.69 Å². The minimum atomic E-state index is 0.0526. The van der Waals surface area contributed by atoms with Crippen LogP contribution in [-0.4, -0.2) is 43.0 Å². The first-order chi connectivity index (χ1) is 10.8. The lowest BCUT2D eigenvalue weighted by Crippen LogP contribution is -2.46. The van der Waals surface area contributed by atoms with Crippen LogP contribution in [0.15, 0.2) is 30.3 Å². The van der Waals surface area contributed by atoms with Gasteiger partial charge in [0.25, 0.3) is 0 Å². The molecule has 1 aromatic carbocycles. The van der Waals surface area contributed by atoms with Crippen molar-refractivity contribution in [1.29, 1.82) is 0 Å². The number of likely N-dealkylation sites (tertiary alicyclic amines) is 1. The average Bonchev–Trinajstić information content (AvgIpc) is 3.03. The number of amides is 1. The molecule has 2 aliphatic rings. The van der Waals surface area contributed by atoms with E-state index in [1.54, 1.807) is 0 Å². The second-order valence-corrected chi connectivity index (χ2v) is 6.57. The standard InChI is InChI=1S/C18H27N3O/c22-18(20-13-16-8-4-10-19-12-16)17-9-5-11-21(17)14-15-6-2-1-3-7-15/h1-3,6-7,16-17,19H,4-5,8-14H2,(H,20,22). The third-order valence-corrected chi connectivity index (χ3v) is 4.86. The Morgan fingerprint density at radius 2 is 2.09 bits per heavy atom. The molecule has 22 heavy (non-hydrogen) atoms. The van der Waals surface area contributed by atoms with Crippen LogP contribution in [0.25, 0.3) is 0 Å². The molecule has 0 saturated carbocycles. The molecule has 120 valence electrons. The Bertz CT molecular complexity index is 470. The zero-order valence-electron chi connectivity index (χ0n) is 13.3. The Balaban J connectivity index is 1.50. The van der Waals surface area contributed by atoms with E-state index in [0.29, 0.717) is 5.92 Å². The van der Waals surface area contributed by atoms with Gasteiger partial charge in [0.1, 0.15) is 0 Å². The van der Waals surface area contributed by atoms with E-state index in [1.165, 1.54) is 18.4 Å². The summed E-state index contributed by atoms with van der Waals surface area (Å²) < 4.78 is 0. The predicted molar refractivity (Wildman–Crippen MR) is 88.5 cm³/mol. The zero-order valence-corrected chi connectivity index (χ0v) is 13.3. The number of nitrogens with one attached hydrogen (secondary N) is 2. The molecule has 2 atom stereocenters. The van der Waals surface area contributed by atoms with Gasteiger partial charge in [0.05, 0.1) is 6.04 Å². The maximum Gasteiger partial charge on any atom is 0.237 e. The molecule has 0 aliphatic carbocycles. The fourth-order valence-electron chi connectivity index (χ4n) is 3.59. The van der Waals surface area contributed by atoms with Crippen molar-refractivity contribution in [2.75, 3.05) is 26.2 Å². The second-order valence-electron chi connectivity index (χ2n) is 6.57. The highest BCUT2D eigenvalue weighted by molar-refractivity contribution is 5.82. The quantitative estimate of drug-likeness (QED) is 0.871. The molecule has 2 unspecified atom stereocenters. The summed E-state index contributed by atoms with van der Waals surface area (Å²) in [6, 6.07) is 10.5. The minimum absolute atomic E-state index is 0.0526. The summed E-state index contributed by atoms with van der Waals surface area (Å²) in [5.41, 5.74) is 1.29. The Kier molecular flexibility index (Phi) is 5.46. The van der Waals surface area contributed by atoms with Crippen LogP contribution in [0, 0.1) is 5.92 Å². The number of hydrogen-bond acceptors (Lipinski definition) is 3. The zero-order chi connectivity index (χ0) is 15.2. The molecule has 4 heteroatoms. The van der Waals surface area contributed by atoms with E-state index < -0.39 is 0 Å². The van der Waals surface area contributed by atoms with Gasteiger partial charge in [-0.15, -0.1) is 0 Å². The van der Waals surface area contributed by atoms with Gasteiger partial charge in [-0.1, -0.05) is 30.3 Å². The number of rotatable bonds is 5. The van der Waals surface area contributed by atoms with Gasteiger partial charge in [0.15, 0.2) is 0 Å². The first-order valence-electron chi connectivity index (χ1n) is 8.59. The Labute approximate surface area is 133 Å². The molecule has 2 heterocycles. The van der Waals surface area contributed by atoms with Crippen molar-refractivity contribution in [3.63, 3.8) is 0 Å². The number of carbonyl (C=O) groups excluding carboxylic acids is 1. The van der Waals surface area contributed by atoms with Crippen molar-refractivity contribution in [2.24, 2.45) is 5.92 Å². The lowest BCUT2D eigenvalue weighted by Gasteiger charge is -2.26. The van der Waals surface area contributed by atoms with Gasteiger partial charge in [0.2, 0.25) is 5.91 Å². The third kappa shape index (κ3) is 4.08. The van der Waals surface area contributed by atoms with E-state index in [9.17, 15) is 4.79 Å². The lowest BCUT2D eigenvalue weighted by molar-refractivity contribution is -0.125. The molecule has 4 nitrogen and oxygen atoms in total. The summed E-state index contributed by atoms with van der Waals surface area (Å²) in [6.45, 7) is 4.89. The van der Waals surface area contributed by atoms with Gasteiger partial charge in [-0.25, -0.2) is 0 Å². The molecule has 1 aromatic rings. The topological polar surface area (TPSA) is 44.4 Å². The van der Waals surface area contributed by atoms with Crippen LogP contribution in [-0.2, 0) is 11.3 Å². The Morgan fingerprint density at radius 3 is 2.86 bits per heavy atom. The molecular formula is C18H27N3O. The molecule has 2 fully saturated rings. The summed E-state index contributed by atoms with van der Waals surface area (Å²) in [6.07, 6.45) is 4.56. The van der Waals surface area contributed by atoms with E-state index in [1.807, 2.05) is 6.07 Å². The fourth-order valence-corrected chi connectivity index (χ4v) is 3.59. The van der Waals surface area contributed by atoms with Gasteiger partial charge in [-0.2, -0.15) is 0 Å². The number of carbonyl (C=O) groups is 1. The van der Waals surface area contributed by atoms with Crippen molar-refractivity contribution >= 4 is 5.91 Å². The highest BCUT2D eigenvalue weighted by Crippen LogP contribution is 2.20. The molecule has 0 radical (unpaired) electrons. The van der Waals surface area contributed by atoms with Crippen LogP contribution in [0.3, 0.4) is 0 Å². The highest BCUT2D eigenvalue weighted by atomic mass is 16.2. The van der Waals surface area contributed by atoms with E-state index in [0.717, 1.165) is 45.6 Å². The first-order valence-corrected chi connectivity index (χ1v) is 8.59. The predicted octanol–water partition coefficient (Wildman–Crippen LogP) is 1.77. The number of benzene rings is 1. The molecule has 3 rings (SSSR count). The number of nitrogens with zero attached hydrogens (tertiary/aromatic N) is 1. The normalized spacial score (nSPS) is 26.0. The van der Waals surface area contributed by atoms with Crippen LogP contribution in [0.5, 0.6) is 0 Å². The van der Waals surface area contributed by atoms with Gasteiger partial charge in [-0.05, 0) is 56.8 Å². The summed E-state index contributed by atoms with van der Waals surface area (Å²) in [5, 5.41) is 6.60. The Morgan fingerprint density at radius 1 is 1.23 bits per heavy atom. The SMILES string of the molecule is O=C(NCC1CCCNC1)C1CCCN1Cc1ccccc1. The van der Waals surface area contributed by atoms with Gasteiger partial charge < -0.3 is 10.6 Å². The molecule has 1 amide bonds. The van der Waals surface area contributed by atoms with E-state index in [4.69, 9.17) is 0 Å². The van der Waals surface area contributed by atoms with Crippen LogP contribution in [0.1, 0.15) is 31.2 Å². The molecule has 2 aliphatic heterocycles. The number of piperidine rings is 1. The van der Waals surface area contributed by atoms with Crippen molar-refractivity contribution < 1.29 is 4.79 Å². The lowest BCUT2D eigenvalue weighted by atomic mass is 9.99. The molecular weight excluding hydrogens is 274 g/mol. The molecule has 2 saturated heterocycles. The van der Waals surface area contributed by atoms with Crippen LogP contribution in [0.2, 0.25) is 0 Å². The summed E-state index contributed by atoms with van der Waals surface area (Å²) in [5.74, 6) is 0.820. The van der Waals surface area contributed by atoms with Crippen LogP contribution in [0.4, 0.5) is 0 Å². The van der Waals surface area contributed by atoms with Crippen molar-refractivity contribution in [2.45, 2.75) is 38.3 Å². The highest BCUT2D eigenvalue weighted by Gasteiger charge is 2.30. The molecule has 0 bridgehead atoms. The average molecular weight is 301 g/mol. The smallest absolute Gasteiger partial charge is 0.237 e. The van der Waals surface area contributed by atoms with Crippen molar-refractivity contribution in [3.05, 3.63) is 35.9 Å². The van der Waals surface area contributed by atoms with Gasteiger partial charge >= 0.3 is 0 Å². The third-order valence-electron chi connectivity index (χ3n) is 4.86. The van der Waals surface area contributed by atoms with Crippen molar-refractivity contribution in [3.8, 4) is 0 Å². The largest absolute Gasteiger partial charge is 0.354 e. The van der Waals surface area contributed by atoms with Crippen molar-refractivity contribution in [1.82, 2.24) is 15.5 Å². The van der Waals surface area contributed by atoms with E-state index in [2.05, 4.69) is 39.8 Å². The second kappa shape index (κ2) is 7.75. The van der Waals surface area contributed by atoms with E-state index >= 15 is 0 Å². The van der Waals surface area contributed by atoms with Gasteiger partial charge in [0, 0.05) is 13.1 Å². The molecule has 0 spiro atoms. The monoisotopic (exact) mass is 301 g/mol. The van der Waals surface area contributed by atoms with E-state index in [-0.39, 0.29) is 11.9 Å². The van der Waals surface area contributed by atoms with Crippen LogP contribution >= 0.6 is 0 Å². The summed E-state index contributed by atoms with van der Waals surface area (Å²) >= 11 is 0. The fraction of sp³-hybridized carbons (Fsp3) is 0.611. The number of hydrogen-bond donors (Lipinski definition) is 2. The van der Waals surface area contributed by atoms with Crippen LogP contribution < -0.4 is 10.6 Å². The molecule has 0 aromatic heterocycles. The maximum absolute atomic E-state index is 12.5. The first kappa shape index (κ1) is 15.5. The maximum atomic E-state index is 12.5.